The molecule has 0 atom stereocenters. The topological polar surface area (TPSA) is 121 Å². The number of nitrogens with zero attached hydrogens (tertiary/aromatic N) is 12. The lowest BCUT2D eigenvalue weighted by molar-refractivity contribution is 0.313. The summed E-state index contributed by atoms with van der Waals surface area (Å²) >= 11 is 0. The van der Waals surface area contributed by atoms with Crippen molar-refractivity contribution in [1.29, 1.82) is 0 Å². The Hall–Kier alpha value is -8.81. The number of nitrogens with one attached hydrogen (secondary N) is 1. The number of H-pyrrole nitrogens is 1. The Bertz CT molecular complexity index is 3770. The molecule has 0 aliphatic carbocycles. The zero-order valence-electron chi connectivity index (χ0n) is 49.4. The molecule has 85 heavy (non-hydrogen) atoms. The summed E-state index contributed by atoms with van der Waals surface area (Å²) in [7, 11) is 2.19. The summed E-state index contributed by atoms with van der Waals surface area (Å²) in [5.41, 5.74) is 23.9. The van der Waals surface area contributed by atoms with Crippen LogP contribution < -0.4 is 19.6 Å². The summed E-state index contributed by atoms with van der Waals surface area (Å²) in [5, 5.41) is 0. The molecule has 0 radical (unpaired) electrons. The highest BCUT2D eigenvalue weighted by Crippen LogP contribution is 2.33. The first-order valence-electron chi connectivity index (χ1n) is 31.0. The summed E-state index contributed by atoms with van der Waals surface area (Å²) in [5.74, 6) is 0.906. The number of benzene rings is 5. The first kappa shape index (κ1) is 55.4. The molecular weight excluding hydrogens is 1050 g/mol. The fraction of sp³-hybridized carbons (Fsp3) is 0.319. The van der Waals surface area contributed by atoms with Crippen molar-refractivity contribution < 1.29 is 0 Å². The molecule has 13 nitrogen and oxygen atoms in total. The smallest absolute Gasteiger partial charge is 0.138 e. The molecule has 0 saturated carbocycles. The van der Waals surface area contributed by atoms with Crippen molar-refractivity contribution in [3.63, 3.8) is 0 Å². The van der Waals surface area contributed by atoms with Gasteiger partial charge in [0.2, 0.25) is 0 Å². The number of aliphatic imine (C=N–C) groups is 3. The van der Waals surface area contributed by atoms with E-state index < -0.39 is 0 Å². The molecular formula is C72H77N13. The molecule has 16 rings (SSSR count). The largest absolute Gasteiger partial charge is 0.372 e. The maximum atomic E-state index is 4.83. The number of pyridine rings is 3. The number of anilines is 4. The Morgan fingerprint density at radius 1 is 0.365 bits per heavy atom. The van der Waals surface area contributed by atoms with Gasteiger partial charge in [0.25, 0.3) is 0 Å². The van der Waals surface area contributed by atoms with Crippen LogP contribution in [0.5, 0.6) is 0 Å². The number of likely N-dealkylation sites (N-methyl/N-ethyl adjacent to an activating group) is 1. The molecule has 4 aromatic heterocycles. The van der Waals surface area contributed by atoms with Crippen molar-refractivity contribution in [2.75, 3.05) is 92.1 Å². The standard InChI is InChI=1S/C20H22N2.C18H20N4.C17H18N4.C17H17N3/c1-15-5-6-17-14-20(21-19(17)13-15)16-7-9-18(10-8-16)22-11-3-2-4-12-22;1-21-8-10-22(11-9-21)16-4-2-14(3-5-16)18-12-15-13-19-7-6-17(15)20-18;1-2-10-21(11-3-1)14-6-4-13(5-7-14)17-19-15-8-9-18-12-16(15)20-17;1-2-10-20(9-1)15-5-3-13(4-6-15)16-11-14-7-8-18-12-17(14)19-16/h5-10,13H,2-4,11-12,14H2,1H3;2-7,13H,8-12H2,1H3;4-9,12H,1-3,10-11H2,(H,19,20);3-8,12H,1-2,9-11H2. The van der Waals surface area contributed by atoms with Crippen molar-refractivity contribution in [3.8, 4) is 11.4 Å². The number of aryl methyl sites for hydroxylation is 1. The molecule has 430 valence electrons. The first-order chi connectivity index (χ1) is 41.9. The van der Waals surface area contributed by atoms with Crippen molar-refractivity contribution >= 4 is 68.0 Å². The Morgan fingerprint density at radius 2 is 0.800 bits per heavy atom. The third-order valence-corrected chi connectivity index (χ3v) is 17.7. The van der Waals surface area contributed by atoms with Gasteiger partial charge < -0.3 is 29.5 Å². The Kier molecular flexibility index (Phi) is 16.9. The maximum Gasteiger partial charge on any atom is 0.138 e. The van der Waals surface area contributed by atoms with Gasteiger partial charge in [0.1, 0.15) is 5.82 Å². The van der Waals surface area contributed by atoms with E-state index in [1.165, 1.54) is 158 Å². The van der Waals surface area contributed by atoms with Gasteiger partial charge >= 0.3 is 0 Å². The molecule has 0 spiro atoms. The fourth-order valence-corrected chi connectivity index (χ4v) is 12.6. The van der Waals surface area contributed by atoms with Crippen molar-refractivity contribution in [1.82, 2.24) is 29.8 Å². The van der Waals surface area contributed by atoms with Crippen LogP contribution in [0.4, 0.5) is 39.8 Å². The van der Waals surface area contributed by atoms with E-state index in [9.17, 15) is 0 Å². The van der Waals surface area contributed by atoms with E-state index in [4.69, 9.17) is 9.98 Å². The van der Waals surface area contributed by atoms with Crippen LogP contribution in [0.1, 0.15) is 90.3 Å². The van der Waals surface area contributed by atoms with Crippen LogP contribution in [0.2, 0.25) is 0 Å². The number of aromatic amines is 1. The quantitative estimate of drug-likeness (QED) is 0.159. The molecule has 11 heterocycles. The maximum absolute atomic E-state index is 4.83. The van der Waals surface area contributed by atoms with Crippen LogP contribution in [-0.4, -0.2) is 119 Å². The van der Waals surface area contributed by atoms with Gasteiger partial charge in [0.15, 0.2) is 0 Å². The minimum absolute atomic E-state index is 0.886. The van der Waals surface area contributed by atoms with E-state index in [2.05, 4.69) is 190 Å². The average Bonchev–Trinajstić information content (AvgIpc) is 4.31. The van der Waals surface area contributed by atoms with E-state index in [0.29, 0.717) is 0 Å². The number of hydrogen-bond donors (Lipinski definition) is 1. The molecule has 7 aliphatic rings. The van der Waals surface area contributed by atoms with Crippen LogP contribution in [0.15, 0.2) is 186 Å². The van der Waals surface area contributed by atoms with Crippen molar-refractivity contribution in [2.24, 2.45) is 15.0 Å². The SMILES string of the molecule is CN1CCN(c2ccc(C3=Nc4ccncc4C3)cc2)CC1.Cc1ccc2c(c1)N=C(c1ccc(N3CCCCC3)cc1)C2.c1cc2c(cn1)N=C(c1ccc(N3CCCC3)cc1)C2.c1cc2nc(-c3ccc(N4CCCCC4)cc3)[nH]c2cn1. The number of piperazine rings is 1. The third-order valence-electron chi connectivity index (χ3n) is 17.7. The first-order valence-corrected chi connectivity index (χ1v) is 31.0. The lowest BCUT2D eigenvalue weighted by Crippen LogP contribution is -2.44. The number of rotatable bonds is 8. The van der Waals surface area contributed by atoms with E-state index >= 15 is 0 Å². The normalized spacial score (nSPS) is 17.1. The average molecular weight is 1120 g/mol. The summed E-state index contributed by atoms with van der Waals surface area (Å²) in [4.78, 5) is 46.9. The number of piperidine rings is 2. The zero-order chi connectivity index (χ0) is 57.3. The summed E-state index contributed by atoms with van der Waals surface area (Å²) in [6, 6.07) is 48.0. The van der Waals surface area contributed by atoms with E-state index in [-0.39, 0.29) is 0 Å². The highest BCUT2D eigenvalue weighted by Gasteiger charge is 2.21. The molecule has 0 amide bonds. The predicted molar refractivity (Wildman–Crippen MR) is 351 cm³/mol. The number of fused-ring (bicyclic) bond motifs is 4. The minimum Gasteiger partial charge on any atom is -0.372 e. The van der Waals surface area contributed by atoms with E-state index in [1.54, 1.807) is 6.20 Å². The lowest BCUT2D eigenvalue weighted by atomic mass is 10.0. The van der Waals surface area contributed by atoms with Gasteiger partial charge in [0.05, 0.1) is 57.6 Å². The fourth-order valence-electron chi connectivity index (χ4n) is 12.6. The summed E-state index contributed by atoms with van der Waals surface area (Å²) in [6.07, 6.45) is 24.4. The zero-order valence-corrected chi connectivity index (χ0v) is 49.4. The van der Waals surface area contributed by atoms with Crippen LogP contribution >= 0.6 is 0 Å². The van der Waals surface area contributed by atoms with Gasteiger partial charge in [-0.15, -0.1) is 0 Å². The van der Waals surface area contributed by atoms with Crippen molar-refractivity contribution in [3.05, 3.63) is 210 Å². The third kappa shape index (κ3) is 13.3. The van der Waals surface area contributed by atoms with E-state index in [1.807, 2.05) is 43.1 Å². The molecule has 4 fully saturated rings. The van der Waals surface area contributed by atoms with Crippen LogP contribution in [0, 0.1) is 6.92 Å². The molecule has 7 aliphatic heterocycles. The predicted octanol–water partition coefficient (Wildman–Crippen LogP) is 14.1. The van der Waals surface area contributed by atoms with Crippen LogP contribution in [0.25, 0.3) is 22.4 Å². The van der Waals surface area contributed by atoms with Gasteiger partial charge in [-0.2, -0.15) is 0 Å². The minimum atomic E-state index is 0.886. The second-order valence-electron chi connectivity index (χ2n) is 23.6. The van der Waals surface area contributed by atoms with Gasteiger partial charge in [-0.25, -0.2) is 4.98 Å². The molecule has 4 saturated heterocycles. The van der Waals surface area contributed by atoms with Crippen molar-refractivity contribution in [2.45, 2.75) is 77.6 Å². The molecule has 0 unspecified atom stereocenters. The number of aromatic nitrogens is 5. The number of hydrogen-bond acceptors (Lipinski definition) is 12. The molecule has 1 N–H and O–H groups in total. The Balaban J connectivity index is 0.000000105. The molecule has 0 bridgehead atoms. The second kappa shape index (κ2) is 26.0. The van der Waals surface area contributed by atoms with Gasteiger partial charge in [-0.3, -0.25) is 29.9 Å². The van der Waals surface area contributed by atoms with Crippen LogP contribution in [-0.2, 0) is 19.3 Å². The monoisotopic (exact) mass is 1120 g/mol. The second-order valence-corrected chi connectivity index (χ2v) is 23.6. The van der Waals surface area contributed by atoms with Gasteiger partial charge in [-0.1, -0.05) is 48.5 Å². The lowest BCUT2D eigenvalue weighted by Gasteiger charge is -2.34. The molecule has 13 heteroatoms. The molecule has 9 aromatic rings. The number of imidazole rings is 1. The molecule has 5 aromatic carbocycles. The highest BCUT2D eigenvalue weighted by atomic mass is 15.2. The van der Waals surface area contributed by atoms with Gasteiger partial charge in [-0.05, 0) is 184 Å². The summed E-state index contributed by atoms with van der Waals surface area (Å²) in [6.45, 7) is 13.7. The Morgan fingerprint density at radius 3 is 1.33 bits per heavy atom. The summed E-state index contributed by atoms with van der Waals surface area (Å²) < 4.78 is 0. The highest BCUT2D eigenvalue weighted by molar-refractivity contribution is 6.08. The van der Waals surface area contributed by atoms with Crippen LogP contribution in [0.3, 0.4) is 0 Å². The van der Waals surface area contributed by atoms with Gasteiger partial charge in [0, 0.05) is 143 Å². The Labute approximate surface area is 501 Å². The van der Waals surface area contributed by atoms with E-state index in [0.717, 1.165) is 96.3 Å².